The second-order valence-electron chi connectivity index (χ2n) is 6.03. The molecule has 24 heavy (non-hydrogen) atoms. The molecule has 0 radical (unpaired) electrons. The molecule has 0 bridgehead atoms. The first-order valence-electron chi connectivity index (χ1n) is 7.13. The van der Waals surface area contributed by atoms with E-state index in [0.717, 1.165) is 6.07 Å². The third-order valence-electron chi connectivity index (χ3n) is 2.95. The molecule has 0 saturated carbocycles. The Kier molecular flexibility index (Phi) is 6.68. The summed E-state index contributed by atoms with van der Waals surface area (Å²) in [6.45, 7) is 5.57. The van der Waals surface area contributed by atoms with E-state index in [4.69, 9.17) is 16.3 Å². The van der Waals surface area contributed by atoms with Crippen molar-refractivity contribution < 1.29 is 24.4 Å². The molecule has 1 unspecified atom stereocenters. The fourth-order valence-corrected chi connectivity index (χ4v) is 1.99. The van der Waals surface area contributed by atoms with Gasteiger partial charge in [-0.25, -0.2) is 4.79 Å². The Morgan fingerprint density at radius 3 is 2.54 bits per heavy atom. The van der Waals surface area contributed by atoms with Crippen LogP contribution in [0.3, 0.4) is 0 Å². The Hall–Kier alpha value is -2.19. The number of aliphatic carboxylic acids is 1. The quantitative estimate of drug-likeness (QED) is 0.571. The zero-order chi connectivity index (χ0) is 18.5. The lowest BCUT2D eigenvalue weighted by atomic mass is 10.1. The molecule has 0 aliphatic rings. The molecule has 0 fully saturated rings. The molecule has 0 spiro atoms. The fraction of sp³-hybridized carbons (Fsp3) is 0.467. The zero-order valence-electron chi connectivity index (χ0n) is 13.5. The standard InChI is InChI=1S/C15H19ClN2O6/c1-15(2,3)24-7-6-11(14(20)21)17-13(19)10-5-4-9(16)8-12(10)18(22)23/h4-5,8,11H,6-7H2,1-3H3,(H,17,19)(H,20,21). The van der Waals surface area contributed by atoms with Crippen LogP contribution in [0.25, 0.3) is 0 Å². The molecule has 2 N–H and O–H groups in total. The van der Waals surface area contributed by atoms with Gasteiger partial charge in [-0.3, -0.25) is 14.9 Å². The number of benzene rings is 1. The van der Waals surface area contributed by atoms with Crippen molar-refractivity contribution in [1.82, 2.24) is 5.32 Å². The number of nitrogens with one attached hydrogen (secondary N) is 1. The Labute approximate surface area is 143 Å². The van der Waals surface area contributed by atoms with Gasteiger partial charge in [-0.1, -0.05) is 11.6 Å². The van der Waals surface area contributed by atoms with Crippen LogP contribution in [-0.4, -0.2) is 40.2 Å². The second-order valence-corrected chi connectivity index (χ2v) is 6.47. The molecule has 1 aromatic carbocycles. The lowest BCUT2D eigenvalue weighted by Gasteiger charge is -2.21. The monoisotopic (exact) mass is 358 g/mol. The van der Waals surface area contributed by atoms with E-state index >= 15 is 0 Å². The van der Waals surface area contributed by atoms with Gasteiger partial charge in [-0.05, 0) is 32.9 Å². The maximum atomic E-state index is 12.2. The van der Waals surface area contributed by atoms with Crippen molar-refractivity contribution in [2.24, 2.45) is 0 Å². The smallest absolute Gasteiger partial charge is 0.326 e. The summed E-state index contributed by atoms with van der Waals surface area (Å²) in [6.07, 6.45) is 0.0275. The number of carboxylic acid groups (broad SMARTS) is 1. The van der Waals surface area contributed by atoms with Gasteiger partial charge in [-0.2, -0.15) is 0 Å². The molecule has 9 heteroatoms. The first-order valence-corrected chi connectivity index (χ1v) is 7.50. The number of nitrogens with zero attached hydrogens (tertiary/aromatic N) is 1. The predicted molar refractivity (Wildman–Crippen MR) is 87.3 cm³/mol. The summed E-state index contributed by atoms with van der Waals surface area (Å²) in [5.41, 5.74) is -1.19. The third kappa shape index (κ3) is 6.13. The van der Waals surface area contributed by atoms with Crippen molar-refractivity contribution >= 4 is 29.2 Å². The van der Waals surface area contributed by atoms with E-state index in [1.54, 1.807) is 0 Å². The number of halogens is 1. The normalized spacial score (nSPS) is 12.5. The van der Waals surface area contributed by atoms with Crippen molar-refractivity contribution in [3.63, 3.8) is 0 Å². The van der Waals surface area contributed by atoms with Crippen LogP contribution in [0.15, 0.2) is 18.2 Å². The molecule has 0 saturated heterocycles. The van der Waals surface area contributed by atoms with E-state index in [0.29, 0.717) is 0 Å². The Morgan fingerprint density at radius 2 is 2.04 bits per heavy atom. The molecule has 0 aliphatic heterocycles. The van der Waals surface area contributed by atoms with Crippen LogP contribution in [0.4, 0.5) is 5.69 Å². The minimum absolute atomic E-state index is 0.0275. The van der Waals surface area contributed by atoms with Gasteiger partial charge in [0, 0.05) is 24.1 Å². The number of ether oxygens (including phenoxy) is 1. The zero-order valence-corrected chi connectivity index (χ0v) is 14.3. The SMILES string of the molecule is CC(C)(C)OCCC(NC(=O)c1ccc(Cl)cc1[N+](=O)[O-])C(=O)O. The Balaban J connectivity index is 2.86. The van der Waals surface area contributed by atoms with Gasteiger partial charge < -0.3 is 15.2 Å². The number of hydrogen-bond acceptors (Lipinski definition) is 5. The summed E-state index contributed by atoms with van der Waals surface area (Å²) in [7, 11) is 0. The van der Waals surface area contributed by atoms with Crippen molar-refractivity contribution in [2.75, 3.05) is 6.61 Å². The maximum absolute atomic E-state index is 12.2. The van der Waals surface area contributed by atoms with Crippen LogP contribution in [-0.2, 0) is 9.53 Å². The van der Waals surface area contributed by atoms with E-state index in [1.165, 1.54) is 12.1 Å². The molecule has 1 aromatic rings. The summed E-state index contributed by atoms with van der Waals surface area (Å²) >= 11 is 5.69. The van der Waals surface area contributed by atoms with Crippen LogP contribution in [0.5, 0.6) is 0 Å². The van der Waals surface area contributed by atoms with Crippen LogP contribution in [0.1, 0.15) is 37.6 Å². The summed E-state index contributed by atoms with van der Waals surface area (Å²) in [5.74, 6) is -2.11. The average Bonchev–Trinajstić information content (AvgIpc) is 2.44. The molecule has 132 valence electrons. The van der Waals surface area contributed by atoms with E-state index in [-0.39, 0.29) is 23.6 Å². The highest BCUT2D eigenvalue weighted by Gasteiger charge is 2.26. The minimum Gasteiger partial charge on any atom is -0.480 e. The van der Waals surface area contributed by atoms with Crippen molar-refractivity contribution in [3.8, 4) is 0 Å². The summed E-state index contributed by atoms with van der Waals surface area (Å²) in [4.78, 5) is 33.7. The number of amides is 1. The van der Waals surface area contributed by atoms with E-state index < -0.39 is 34.1 Å². The number of carbonyl (C=O) groups excluding carboxylic acids is 1. The average molecular weight is 359 g/mol. The number of nitro benzene ring substituents is 1. The number of rotatable bonds is 7. The van der Waals surface area contributed by atoms with E-state index in [1.807, 2.05) is 20.8 Å². The van der Waals surface area contributed by atoms with Crippen molar-refractivity contribution in [1.29, 1.82) is 0 Å². The number of hydrogen-bond donors (Lipinski definition) is 2. The van der Waals surface area contributed by atoms with E-state index in [9.17, 15) is 24.8 Å². The van der Waals surface area contributed by atoms with Gasteiger partial charge in [0.15, 0.2) is 0 Å². The Bertz CT molecular complexity index is 641. The van der Waals surface area contributed by atoms with Crippen LogP contribution in [0, 0.1) is 10.1 Å². The topological polar surface area (TPSA) is 119 Å². The summed E-state index contributed by atoms with van der Waals surface area (Å²) in [6, 6.07) is 2.31. The first kappa shape index (κ1) is 19.9. The largest absolute Gasteiger partial charge is 0.480 e. The molecule has 1 amide bonds. The lowest BCUT2D eigenvalue weighted by Crippen LogP contribution is -2.42. The molecular weight excluding hydrogens is 340 g/mol. The van der Waals surface area contributed by atoms with Gasteiger partial charge in [0.05, 0.1) is 10.5 Å². The number of carbonyl (C=O) groups is 2. The highest BCUT2D eigenvalue weighted by atomic mass is 35.5. The third-order valence-corrected chi connectivity index (χ3v) is 3.18. The van der Waals surface area contributed by atoms with Gasteiger partial charge >= 0.3 is 5.97 Å². The first-order chi connectivity index (χ1) is 11.0. The number of nitro groups is 1. The predicted octanol–water partition coefficient (Wildman–Crippen LogP) is 2.64. The second kappa shape index (κ2) is 8.07. The van der Waals surface area contributed by atoms with Crippen molar-refractivity contribution in [2.45, 2.75) is 38.8 Å². The van der Waals surface area contributed by atoms with Crippen molar-refractivity contribution in [3.05, 3.63) is 38.9 Å². The van der Waals surface area contributed by atoms with Crippen LogP contribution >= 0.6 is 11.6 Å². The summed E-state index contributed by atoms with van der Waals surface area (Å²) < 4.78 is 5.43. The Morgan fingerprint density at radius 1 is 1.42 bits per heavy atom. The highest BCUT2D eigenvalue weighted by molar-refractivity contribution is 6.31. The summed E-state index contributed by atoms with van der Waals surface area (Å²) in [5, 5.41) is 22.6. The van der Waals surface area contributed by atoms with Gasteiger partial charge in [0.2, 0.25) is 0 Å². The fourth-order valence-electron chi connectivity index (χ4n) is 1.82. The maximum Gasteiger partial charge on any atom is 0.326 e. The van der Waals surface area contributed by atoms with Gasteiger partial charge in [-0.15, -0.1) is 0 Å². The lowest BCUT2D eigenvalue weighted by molar-refractivity contribution is -0.385. The molecule has 1 atom stereocenters. The van der Waals surface area contributed by atoms with E-state index in [2.05, 4.69) is 5.32 Å². The van der Waals surface area contributed by atoms with Gasteiger partial charge in [0.1, 0.15) is 11.6 Å². The van der Waals surface area contributed by atoms with Gasteiger partial charge in [0.25, 0.3) is 11.6 Å². The van der Waals surface area contributed by atoms with Crippen LogP contribution < -0.4 is 5.32 Å². The molecule has 8 nitrogen and oxygen atoms in total. The molecule has 0 heterocycles. The molecule has 0 aliphatic carbocycles. The molecular formula is C15H19ClN2O6. The molecule has 1 rings (SSSR count). The number of carboxylic acids is 1. The van der Waals surface area contributed by atoms with Crippen LogP contribution in [0.2, 0.25) is 5.02 Å². The molecule has 0 aromatic heterocycles. The minimum atomic E-state index is -1.25. The highest BCUT2D eigenvalue weighted by Crippen LogP contribution is 2.23.